The van der Waals surface area contributed by atoms with Gasteiger partial charge < -0.3 is 0 Å². The average molecular weight is 553 g/mol. The maximum atomic E-state index is 2.66. The molecule has 1 aromatic carbocycles. The maximum absolute atomic E-state index is 2.66. The zero-order chi connectivity index (χ0) is 21.4. The molecular weight excluding hydrogens is 515 g/mol. The Morgan fingerprint density at radius 1 is 0.897 bits per heavy atom. The third-order valence-corrected chi connectivity index (χ3v) is 16.5. The molecule has 0 heterocycles. The molecule has 3 aliphatic carbocycles. The van der Waals surface area contributed by atoms with Gasteiger partial charge in [0.25, 0.3) is 0 Å². The second kappa shape index (κ2) is 6.91. The summed E-state index contributed by atoms with van der Waals surface area (Å²) in [5, 5.41) is 0. The van der Waals surface area contributed by atoms with Crippen LogP contribution in [0.4, 0.5) is 0 Å². The van der Waals surface area contributed by atoms with E-state index in [1.54, 1.807) is 39.0 Å². The molecule has 0 aliphatic heterocycles. The van der Waals surface area contributed by atoms with E-state index in [4.69, 9.17) is 0 Å². The van der Waals surface area contributed by atoms with Crippen molar-refractivity contribution in [1.82, 2.24) is 0 Å². The van der Waals surface area contributed by atoms with Crippen LogP contribution in [0.15, 0.2) is 40.5 Å². The van der Waals surface area contributed by atoms with Gasteiger partial charge in [0.2, 0.25) is 0 Å². The molecule has 0 radical (unpaired) electrons. The predicted octanol–water partition coefficient (Wildman–Crippen LogP) is 8.03. The third-order valence-electron chi connectivity index (χ3n) is 8.13. The minimum absolute atomic E-state index is 0.341. The number of fused-ring (bicyclic) bond motifs is 2. The Kier molecular flexibility index (Phi) is 5.13. The van der Waals surface area contributed by atoms with Crippen molar-refractivity contribution in [2.24, 2.45) is 11.3 Å². The molecule has 1 unspecified atom stereocenters. The Labute approximate surface area is 190 Å². The van der Waals surface area contributed by atoms with Crippen molar-refractivity contribution < 1.29 is 22.9 Å². The number of allylic oxidation sites excluding steroid dienone is 5. The summed E-state index contributed by atoms with van der Waals surface area (Å²) in [6.45, 7) is 21.9. The zero-order valence-electron chi connectivity index (χ0n) is 20.0. The summed E-state index contributed by atoms with van der Waals surface area (Å²) >= 11 is -1.17. The molecule has 29 heavy (non-hydrogen) atoms. The normalized spacial score (nSPS) is 26.6. The van der Waals surface area contributed by atoms with Crippen LogP contribution in [0.5, 0.6) is 0 Å². The van der Waals surface area contributed by atoms with Gasteiger partial charge in [-0.3, -0.25) is 0 Å². The van der Waals surface area contributed by atoms with E-state index < -0.39 is 22.9 Å². The molecule has 0 spiro atoms. The standard InChI is InChI=1S/C18H23.C10H15.Hf/c1-12(2)7-13-5-6-14-8-15-10-18(3,4)11-16(15)9-17(13)14;1-6-7(2)9(4)10(5)8(6)3;/h5-6,8-9,12H,7,10-11H2,1-4H3;1-5H3;. The van der Waals surface area contributed by atoms with Gasteiger partial charge in [0, 0.05) is 0 Å². The molecule has 3 aliphatic rings. The quantitative estimate of drug-likeness (QED) is 0.332. The fourth-order valence-corrected chi connectivity index (χ4v) is 15.8. The summed E-state index contributed by atoms with van der Waals surface area (Å²) in [5.41, 5.74) is 13.4. The fraction of sp³-hybridized carbons (Fsp3) is 0.571. The van der Waals surface area contributed by atoms with Gasteiger partial charge >= 0.3 is 191 Å². The molecule has 1 heteroatoms. The molecule has 0 saturated carbocycles. The van der Waals surface area contributed by atoms with Crippen molar-refractivity contribution in [2.75, 3.05) is 0 Å². The van der Waals surface area contributed by atoms with Crippen molar-refractivity contribution in [2.45, 2.75) is 87.9 Å². The van der Waals surface area contributed by atoms with Crippen LogP contribution in [-0.2, 0) is 38.9 Å². The van der Waals surface area contributed by atoms with Crippen LogP contribution < -0.4 is 0 Å². The molecule has 1 atom stereocenters. The Morgan fingerprint density at radius 3 is 2.00 bits per heavy atom. The summed E-state index contributed by atoms with van der Waals surface area (Å²) in [6.07, 6.45) is 8.95. The number of hydrogen-bond acceptors (Lipinski definition) is 0. The van der Waals surface area contributed by atoms with Crippen molar-refractivity contribution in [3.8, 4) is 0 Å². The van der Waals surface area contributed by atoms with E-state index in [1.807, 2.05) is 0 Å². The fourth-order valence-electron chi connectivity index (χ4n) is 6.19. The summed E-state index contributed by atoms with van der Waals surface area (Å²) in [5.74, 6) is 0.726. The van der Waals surface area contributed by atoms with E-state index >= 15 is 0 Å². The van der Waals surface area contributed by atoms with Crippen molar-refractivity contribution in [1.29, 1.82) is 0 Å². The second-order valence-electron chi connectivity index (χ2n) is 11.4. The molecule has 0 saturated heterocycles. The first kappa shape index (κ1) is 21.5. The van der Waals surface area contributed by atoms with Gasteiger partial charge in [0.05, 0.1) is 0 Å². The van der Waals surface area contributed by atoms with E-state index in [9.17, 15) is 0 Å². The third kappa shape index (κ3) is 3.35. The summed E-state index contributed by atoms with van der Waals surface area (Å²) in [4.78, 5) is 0. The van der Waals surface area contributed by atoms with Gasteiger partial charge in [-0.2, -0.15) is 0 Å². The molecule has 0 nitrogen and oxygen atoms in total. The molecular formula is C28H38Hf. The number of rotatable bonds is 4. The van der Waals surface area contributed by atoms with Crippen LogP contribution in [-0.4, -0.2) is 0 Å². The van der Waals surface area contributed by atoms with E-state index in [2.05, 4.69) is 86.6 Å². The van der Waals surface area contributed by atoms with Gasteiger partial charge in [-0.1, -0.05) is 0 Å². The van der Waals surface area contributed by atoms with Crippen LogP contribution in [0.1, 0.15) is 91.0 Å². The summed E-state index contributed by atoms with van der Waals surface area (Å²) < 4.78 is 0.695. The van der Waals surface area contributed by atoms with Crippen LogP contribution in [0.2, 0.25) is 3.17 Å². The first-order valence-corrected chi connectivity index (χ1v) is 15.0. The molecule has 4 rings (SSSR count). The topological polar surface area (TPSA) is 0 Å². The molecule has 154 valence electrons. The van der Waals surface area contributed by atoms with Gasteiger partial charge in [-0.25, -0.2) is 0 Å². The van der Waals surface area contributed by atoms with Crippen molar-refractivity contribution >= 4 is 6.08 Å². The second-order valence-corrected chi connectivity index (χ2v) is 19.1. The SMILES string of the molecule is CC1=C(C)[C](C)([Hf][C]2(CC(C)C)C=Cc3cc4c(cc32)CC(C)(C)C4)C(C)=C1C. The van der Waals surface area contributed by atoms with Gasteiger partial charge in [-0.05, 0) is 0 Å². The first-order chi connectivity index (χ1) is 13.4. The zero-order valence-corrected chi connectivity index (χ0v) is 23.6. The average Bonchev–Trinajstić information content (AvgIpc) is 3.15. The first-order valence-electron chi connectivity index (χ1n) is 11.4. The summed E-state index contributed by atoms with van der Waals surface area (Å²) in [6, 6.07) is 5.21. The predicted molar refractivity (Wildman–Crippen MR) is 123 cm³/mol. The van der Waals surface area contributed by atoms with Crippen LogP contribution >= 0.6 is 0 Å². The molecule has 0 aromatic heterocycles. The monoisotopic (exact) mass is 554 g/mol. The minimum atomic E-state index is -1.17. The molecule has 0 fully saturated rings. The Balaban J connectivity index is 1.82. The van der Waals surface area contributed by atoms with E-state index in [-0.39, 0.29) is 0 Å². The molecule has 0 N–H and O–H groups in total. The van der Waals surface area contributed by atoms with Gasteiger partial charge in [0.1, 0.15) is 0 Å². The number of hydrogen-bond donors (Lipinski definition) is 0. The van der Waals surface area contributed by atoms with Crippen LogP contribution in [0, 0.1) is 11.3 Å². The van der Waals surface area contributed by atoms with E-state index in [0.717, 1.165) is 5.92 Å². The number of benzene rings is 1. The Hall–Kier alpha value is -0.690. The molecule has 1 aromatic rings. The Morgan fingerprint density at radius 2 is 1.45 bits per heavy atom. The molecule has 0 amide bonds. The molecule has 0 bridgehead atoms. The van der Waals surface area contributed by atoms with Gasteiger partial charge in [0.15, 0.2) is 0 Å². The van der Waals surface area contributed by atoms with Crippen molar-refractivity contribution in [3.05, 3.63) is 62.8 Å². The van der Waals surface area contributed by atoms with Crippen LogP contribution in [0.3, 0.4) is 0 Å². The Bertz CT molecular complexity index is 942. The summed E-state index contributed by atoms with van der Waals surface area (Å²) in [7, 11) is 0. The van der Waals surface area contributed by atoms with E-state index in [0.29, 0.717) is 11.8 Å². The van der Waals surface area contributed by atoms with E-state index in [1.165, 1.54) is 24.8 Å². The van der Waals surface area contributed by atoms with Crippen LogP contribution in [0.25, 0.3) is 6.08 Å². The van der Waals surface area contributed by atoms with Crippen molar-refractivity contribution in [3.63, 3.8) is 0 Å². The van der Waals surface area contributed by atoms with Gasteiger partial charge in [-0.15, -0.1) is 0 Å².